The Balaban J connectivity index is 1.94. The molecule has 0 bridgehead atoms. The third-order valence-electron chi connectivity index (χ3n) is 3.56. The van der Waals surface area contributed by atoms with Gasteiger partial charge in [-0.3, -0.25) is 4.79 Å². The van der Waals surface area contributed by atoms with Crippen molar-refractivity contribution in [1.82, 2.24) is 5.32 Å². The highest BCUT2D eigenvalue weighted by Crippen LogP contribution is 2.18. The van der Waals surface area contributed by atoms with Crippen LogP contribution in [0.15, 0.2) is 18.2 Å². The Morgan fingerprint density at radius 3 is 2.71 bits per heavy atom. The van der Waals surface area contributed by atoms with Crippen LogP contribution in [-0.2, 0) is 9.53 Å². The maximum absolute atomic E-state index is 13.5. The SMILES string of the molecule is CC(OC(=O)c1cc(N)ccc1F)C(=O)NC1CCCC1. The van der Waals surface area contributed by atoms with Gasteiger partial charge in [0.2, 0.25) is 0 Å². The summed E-state index contributed by atoms with van der Waals surface area (Å²) in [7, 11) is 0. The second-order valence-electron chi connectivity index (χ2n) is 5.28. The van der Waals surface area contributed by atoms with E-state index in [9.17, 15) is 14.0 Å². The maximum atomic E-state index is 13.5. The number of nitrogen functional groups attached to an aromatic ring is 1. The third-order valence-corrected chi connectivity index (χ3v) is 3.56. The first-order valence-corrected chi connectivity index (χ1v) is 7.03. The predicted molar refractivity (Wildman–Crippen MR) is 76.1 cm³/mol. The van der Waals surface area contributed by atoms with Gasteiger partial charge < -0.3 is 15.8 Å². The lowest BCUT2D eigenvalue weighted by Gasteiger charge is -2.17. The van der Waals surface area contributed by atoms with E-state index in [0.29, 0.717) is 0 Å². The summed E-state index contributed by atoms with van der Waals surface area (Å²) < 4.78 is 18.5. The standard InChI is InChI=1S/C15H19FN2O3/c1-9(14(19)18-11-4-2-3-5-11)21-15(20)12-8-10(17)6-7-13(12)16/h6-9,11H,2-5,17H2,1H3,(H,18,19). The van der Waals surface area contributed by atoms with E-state index in [1.807, 2.05) is 0 Å². The molecule has 114 valence electrons. The number of nitrogens with one attached hydrogen (secondary N) is 1. The molecule has 1 amide bonds. The van der Waals surface area contributed by atoms with E-state index in [-0.39, 0.29) is 23.2 Å². The summed E-state index contributed by atoms with van der Waals surface area (Å²) in [5, 5.41) is 2.83. The first-order valence-electron chi connectivity index (χ1n) is 7.03. The number of hydrogen-bond acceptors (Lipinski definition) is 4. The van der Waals surface area contributed by atoms with E-state index in [1.165, 1.54) is 19.1 Å². The molecule has 21 heavy (non-hydrogen) atoms. The van der Waals surface area contributed by atoms with Crippen molar-refractivity contribution in [3.05, 3.63) is 29.6 Å². The minimum Gasteiger partial charge on any atom is -0.449 e. The molecule has 1 unspecified atom stereocenters. The summed E-state index contributed by atoms with van der Waals surface area (Å²) in [5.41, 5.74) is 5.50. The monoisotopic (exact) mass is 294 g/mol. The Bertz CT molecular complexity index is 542. The van der Waals surface area contributed by atoms with Gasteiger partial charge in [-0.1, -0.05) is 12.8 Å². The molecule has 6 heteroatoms. The van der Waals surface area contributed by atoms with Gasteiger partial charge in [-0.2, -0.15) is 0 Å². The van der Waals surface area contributed by atoms with Crippen LogP contribution in [0.5, 0.6) is 0 Å². The van der Waals surface area contributed by atoms with Crippen molar-refractivity contribution in [3.8, 4) is 0 Å². The van der Waals surface area contributed by atoms with Crippen LogP contribution in [0.3, 0.4) is 0 Å². The highest BCUT2D eigenvalue weighted by atomic mass is 19.1. The summed E-state index contributed by atoms with van der Waals surface area (Å²) in [5.74, 6) is -1.98. The van der Waals surface area contributed by atoms with Crippen molar-refractivity contribution in [3.63, 3.8) is 0 Å². The van der Waals surface area contributed by atoms with Gasteiger partial charge in [-0.15, -0.1) is 0 Å². The van der Waals surface area contributed by atoms with Gasteiger partial charge in [0.15, 0.2) is 6.10 Å². The Labute approximate surface area is 122 Å². The molecule has 0 spiro atoms. The Morgan fingerprint density at radius 2 is 2.05 bits per heavy atom. The van der Waals surface area contributed by atoms with Crippen LogP contribution >= 0.6 is 0 Å². The number of esters is 1. The van der Waals surface area contributed by atoms with E-state index in [4.69, 9.17) is 10.5 Å². The number of benzene rings is 1. The van der Waals surface area contributed by atoms with Crippen LogP contribution in [0.25, 0.3) is 0 Å². The molecule has 1 atom stereocenters. The van der Waals surface area contributed by atoms with Crippen LogP contribution in [-0.4, -0.2) is 24.0 Å². The molecular formula is C15H19FN2O3. The van der Waals surface area contributed by atoms with E-state index in [0.717, 1.165) is 31.7 Å². The van der Waals surface area contributed by atoms with Gasteiger partial charge in [-0.05, 0) is 38.0 Å². The quantitative estimate of drug-likeness (QED) is 0.657. The van der Waals surface area contributed by atoms with E-state index in [1.54, 1.807) is 0 Å². The Morgan fingerprint density at radius 1 is 1.38 bits per heavy atom. The summed E-state index contributed by atoms with van der Waals surface area (Å²) in [6.07, 6.45) is 3.09. The molecule has 1 saturated carbocycles. The van der Waals surface area contributed by atoms with Crippen molar-refractivity contribution < 1.29 is 18.7 Å². The summed E-state index contributed by atoms with van der Waals surface area (Å²) in [6.45, 7) is 1.46. The van der Waals surface area contributed by atoms with Gasteiger partial charge in [0.25, 0.3) is 5.91 Å². The van der Waals surface area contributed by atoms with E-state index >= 15 is 0 Å². The highest BCUT2D eigenvalue weighted by molar-refractivity contribution is 5.93. The van der Waals surface area contributed by atoms with Crippen LogP contribution in [0.4, 0.5) is 10.1 Å². The lowest BCUT2D eigenvalue weighted by molar-refractivity contribution is -0.129. The fourth-order valence-electron chi connectivity index (χ4n) is 2.37. The minimum atomic E-state index is -0.973. The largest absolute Gasteiger partial charge is 0.449 e. The van der Waals surface area contributed by atoms with Crippen LogP contribution in [0.1, 0.15) is 43.0 Å². The second-order valence-corrected chi connectivity index (χ2v) is 5.28. The number of halogens is 1. The number of ether oxygens (including phenoxy) is 1. The molecule has 1 fully saturated rings. The van der Waals surface area contributed by atoms with Crippen LogP contribution in [0, 0.1) is 5.82 Å². The van der Waals surface area contributed by atoms with Gasteiger partial charge in [0.1, 0.15) is 5.82 Å². The molecule has 0 radical (unpaired) electrons. The van der Waals surface area contributed by atoms with Crippen molar-refractivity contribution in [2.45, 2.75) is 44.8 Å². The van der Waals surface area contributed by atoms with Gasteiger partial charge in [0.05, 0.1) is 5.56 Å². The van der Waals surface area contributed by atoms with Crippen molar-refractivity contribution in [2.24, 2.45) is 0 Å². The third kappa shape index (κ3) is 3.93. The fraction of sp³-hybridized carbons (Fsp3) is 0.467. The van der Waals surface area contributed by atoms with E-state index in [2.05, 4.69) is 5.32 Å². The highest BCUT2D eigenvalue weighted by Gasteiger charge is 2.24. The molecule has 0 heterocycles. The molecule has 0 aromatic heterocycles. The molecule has 2 rings (SSSR count). The zero-order valence-electron chi connectivity index (χ0n) is 11.9. The molecule has 1 aromatic rings. The first-order chi connectivity index (χ1) is 9.97. The molecule has 3 N–H and O–H groups in total. The molecule has 1 aliphatic carbocycles. The fourth-order valence-corrected chi connectivity index (χ4v) is 2.37. The van der Waals surface area contributed by atoms with Crippen molar-refractivity contribution in [1.29, 1.82) is 0 Å². The lowest BCUT2D eigenvalue weighted by atomic mass is 10.2. The maximum Gasteiger partial charge on any atom is 0.341 e. The topological polar surface area (TPSA) is 81.4 Å². The first kappa shape index (κ1) is 15.3. The zero-order chi connectivity index (χ0) is 15.4. The average molecular weight is 294 g/mol. The summed E-state index contributed by atoms with van der Waals surface area (Å²) in [6, 6.07) is 3.78. The molecule has 5 nitrogen and oxygen atoms in total. The van der Waals surface area contributed by atoms with E-state index < -0.39 is 17.9 Å². The van der Waals surface area contributed by atoms with Gasteiger partial charge in [0, 0.05) is 11.7 Å². The molecule has 1 aliphatic rings. The second kappa shape index (κ2) is 6.56. The van der Waals surface area contributed by atoms with Gasteiger partial charge in [-0.25, -0.2) is 9.18 Å². The Hall–Kier alpha value is -2.11. The number of rotatable bonds is 4. The molecular weight excluding hydrogens is 275 g/mol. The average Bonchev–Trinajstić information content (AvgIpc) is 2.94. The smallest absolute Gasteiger partial charge is 0.341 e. The minimum absolute atomic E-state index is 0.141. The normalized spacial score (nSPS) is 16.5. The van der Waals surface area contributed by atoms with Crippen LogP contribution < -0.4 is 11.1 Å². The lowest BCUT2D eigenvalue weighted by Crippen LogP contribution is -2.40. The summed E-state index contributed by atoms with van der Waals surface area (Å²) in [4.78, 5) is 23.8. The zero-order valence-corrected chi connectivity index (χ0v) is 11.9. The number of carbonyl (C=O) groups is 2. The van der Waals surface area contributed by atoms with Crippen molar-refractivity contribution >= 4 is 17.6 Å². The van der Waals surface area contributed by atoms with Crippen molar-refractivity contribution in [2.75, 3.05) is 5.73 Å². The molecule has 0 saturated heterocycles. The summed E-state index contributed by atoms with van der Waals surface area (Å²) >= 11 is 0. The van der Waals surface area contributed by atoms with Crippen LogP contribution in [0.2, 0.25) is 0 Å². The Kier molecular flexibility index (Phi) is 4.77. The molecule has 0 aliphatic heterocycles. The molecule has 1 aromatic carbocycles. The number of amides is 1. The number of hydrogen-bond donors (Lipinski definition) is 2. The number of carbonyl (C=O) groups excluding carboxylic acids is 2. The predicted octanol–water partition coefficient (Wildman–Crippen LogP) is 2.01. The number of anilines is 1. The number of nitrogens with two attached hydrogens (primary N) is 1. The van der Waals surface area contributed by atoms with Gasteiger partial charge >= 0.3 is 5.97 Å².